The van der Waals surface area contributed by atoms with Crippen LogP contribution in [0.25, 0.3) is 0 Å². The van der Waals surface area contributed by atoms with Crippen LogP contribution in [-0.2, 0) is 4.79 Å². The van der Waals surface area contributed by atoms with Crippen molar-refractivity contribution < 1.29 is 13.6 Å². The molecule has 0 bridgehead atoms. The molecule has 1 saturated heterocycles. The Kier molecular flexibility index (Phi) is 2.73. The number of halogens is 3. The van der Waals surface area contributed by atoms with E-state index in [0.717, 1.165) is 18.2 Å². The lowest BCUT2D eigenvalue weighted by molar-refractivity contribution is -0.117. The lowest BCUT2D eigenvalue weighted by Gasteiger charge is -2.15. The van der Waals surface area contributed by atoms with Gasteiger partial charge in [-0.1, -0.05) is 15.9 Å². The zero-order valence-corrected chi connectivity index (χ0v) is 9.30. The molecule has 1 aromatic rings. The summed E-state index contributed by atoms with van der Waals surface area (Å²) in [5, 5.41) is 0. The van der Waals surface area contributed by atoms with Crippen molar-refractivity contribution in [1.82, 2.24) is 0 Å². The Balaban J connectivity index is 2.33. The van der Waals surface area contributed by atoms with Crippen LogP contribution in [0.15, 0.2) is 18.2 Å². The summed E-state index contributed by atoms with van der Waals surface area (Å²) >= 11 is 3.30. The molecule has 1 aliphatic rings. The molecule has 80 valence electrons. The second-order valence-electron chi connectivity index (χ2n) is 3.43. The molecule has 0 spiro atoms. The minimum atomic E-state index is -0.671. The van der Waals surface area contributed by atoms with E-state index in [9.17, 15) is 13.6 Å². The van der Waals surface area contributed by atoms with E-state index in [2.05, 4.69) is 15.9 Å². The van der Waals surface area contributed by atoms with E-state index in [0.29, 0.717) is 13.0 Å². The Bertz CT molecular complexity index is 390. The van der Waals surface area contributed by atoms with E-state index >= 15 is 0 Å². The third-order valence-electron chi connectivity index (χ3n) is 2.24. The van der Waals surface area contributed by atoms with Gasteiger partial charge in [-0.25, -0.2) is 8.78 Å². The third-order valence-corrected chi connectivity index (χ3v) is 2.85. The average Bonchev–Trinajstić information content (AvgIpc) is 2.43. The van der Waals surface area contributed by atoms with Gasteiger partial charge in [0.25, 0.3) is 0 Å². The SMILES string of the molecule is O=C1CC(Br)CN1c1cc(F)cc(F)c1. The van der Waals surface area contributed by atoms with E-state index in [1.165, 1.54) is 4.90 Å². The Morgan fingerprint density at radius 3 is 2.33 bits per heavy atom. The molecule has 0 aliphatic carbocycles. The number of hydrogen-bond acceptors (Lipinski definition) is 1. The highest BCUT2D eigenvalue weighted by Gasteiger charge is 2.29. The highest BCUT2D eigenvalue weighted by molar-refractivity contribution is 9.09. The number of anilines is 1. The van der Waals surface area contributed by atoms with Crippen LogP contribution in [-0.4, -0.2) is 17.3 Å². The maximum absolute atomic E-state index is 12.9. The minimum Gasteiger partial charge on any atom is -0.311 e. The third kappa shape index (κ3) is 2.17. The fourth-order valence-electron chi connectivity index (χ4n) is 1.61. The van der Waals surface area contributed by atoms with Crippen LogP contribution in [0.5, 0.6) is 0 Å². The topological polar surface area (TPSA) is 20.3 Å². The van der Waals surface area contributed by atoms with Crippen LogP contribution >= 0.6 is 15.9 Å². The molecule has 2 rings (SSSR count). The second-order valence-corrected chi connectivity index (χ2v) is 4.73. The van der Waals surface area contributed by atoms with Crippen molar-refractivity contribution in [2.75, 3.05) is 11.4 Å². The molecule has 0 saturated carbocycles. The number of alkyl halides is 1. The van der Waals surface area contributed by atoms with Gasteiger partial charge in [0, 0.05) is 29.5 Å². The summed E-state index contributed by atoms with van der Waals surface area (Å²) in [4.78, 5) is 12.9. The first-order valence-corrected chi connectivity index (χ1v) is 5.38. The quantitative estimate of drug-likeness (QED) is 0.721. The number of amides is 1. The maximum atomic E-state index is 12.9. The highest BCUT2D eigenvalue weighted by Crippen LogP contribution is 2.26. The largest absolute Gasteiger partial charge is 0.311 e. The van der Waals surface area contributed by atoms with Gasteiger partial charge in [0.05, 0.1) is 0 Å². The van der Waals surface area contributed by atoms with Gasteiger partial charge >= 0.3 is 0 Å². The average molecular weight is 276 g/mol. The molecule has 0 aromatic heterocycles. The van der Waals surface area contributed by atoms with Crippen molar-refractivity contribution in [1.29, 1.82) is 0 Å². The van der Waals surface area contributed by atoms with Gasteiger partial charge < -0.3 is 4.90 Å². The van der Waals surface area contributed by atoms with Crippen molar-refractivity contribution in [3.8, 4) is 0 Å². The molecule has 1 heterocycles. The normalized spacial score (nSPS) is 21.1. The van der Waals surface area contributed by atoms with Gasteiger partial charge in [0.2, 0.25) is 5.91 Å². The molecule has 1 aliphatic heterocycles. The molecule has 1 amide bonds. The van der Waals surface area contributed by atoms with Crippen LogP contribution in [0.1, 0.15) is 6.42 Å². The smallest absolute Gasteiger partial charge is 0.228 e. The molecular weight excluding hydrogens is 268 g/mol. The number of benzene rings is 1. The first kappa shape index (κ1) is 10.5. The molecule has 0 N–H and O–H groups in total. The van der Waals surface area contributed by atoms with Gasteiger partial charge in [-0.2, -0.15) is 0 Å². The second kappa shape index (κ2) is 3.89. The van der Waals surface area contributed by atoms with Crippen LogP contribution in [0.2, 0.25) is 0 Å². The molecule has 5 heteroatoms. The van der Waals surface area contributed by atoms with Crippen molar-refractivity contribution >= 4 is 27.5 Å². The van der Waals surface area contributed by atoms with Crippen molar-refractivity contribution in [2.45, 2.75) is 11.2 Å². The van der Waals surface area contributed by atoms with Gasteiger partial charge in [-0.3, -0.25) is 4.79 Å². The number of carbonyl (C=O) groups excluding carboxylic acids is 1. The molecule has 1 aromatic carbocycles. The summed E-state index contributed by atoms with van der Waals surface area (Å²) in [6, 6.07) is 3.10. The number of carbonyl (C=O) groups is 1. The molecule has 1 atom stereocenters. The fraction of sp³-hybridized carbons (Fsp3) is 0.300. The first-order valence-electron chi connectivity index (χ1n) is 4.47. The maximum Gasteiger partial charge on any atom is 0.228 e. The van der Waals surface area contributed by atoms with Crippen LogP contribution in [0.3, 0.4) is 0 Å². The zero-order chi connectivity index (χ0) is 11.0. The van der Waals surface area contributed by atoms with E-state index in [-0.39, 0.29) is 16.4 Å². The summed E-state index contributed by atoms with van der Waals surface area (Å²) in [5.41, 5.74) is 0.277. The molecule has 2 nitrogen and oxygen atoms in total. The predicted molar refractivity (Wildman–Crippen MR) is 56.0 cm³/mol. The lowest BCUT2D eigenvalue weighted by Crippen LogP contribution is -2.24. The van der Waals surface area contributed by atoms with Gasteiger partial charge in [-0.15, -0.1) is 0 Å². The van der Waals surface area contributed by atoms with Crippen LogP contribution in [0, 0.1) is 11.6 Å². The van der Waals surface area contributed by atoms with Crippen molar-refractivity contribution in [3.63, 3.8) is 0 Å². The Morgan fingerprint density at radius 1 is 1.27 bits per heavy atom. The van der Waals surface area contributed by atoms with Crippen molar-refractivity contribution in [2.24, 2.45) is 0 Å². The predicted octanol–water partition coefficient (Wildman–Crippen LogP) is 2.47. The molecule has 1 unspecified atom stereocenters. The summed E-state index contributed by atoms with van der Waals surface area (Å²) in [7, 11) is 0. The summed E-state index contributed by atoms with van der Waals surface area (Å²) in [6.07, 6.45) is 0.359. The Hall–Kier alpha value is -0.970. The van der Waals surface area contributed by atoms with Crippen LogP contribution < -0.4 is 4.90 Å². The number of hydrogen-bond donors (Lipinski definition) is 0. The minimum absolute atomic E-state index is 0.0522. The standard InChI is InChI=1S/C10H8BrF2NO/c11-6-1-10(15)14(5-6)9-3-7(12)2-8(13)4-9/h2-4,6H,1,5H2. The summed E-state index contributed by atoms with van der Waals surface area (Å²) in [6.45, 7) is 0.446. The fourth-order valence-corrected chi connectivity index (χ4v) is 2.18. The zero-order valence-electron chi connectivity index (χ0n) is 7.71. The van der Waals surface area contributed by atoms with E-state index in [4.69, 9.17) is 0 Å². The molecule has 15 heavy (non-hydrogen) atoms. The summed E-state index contributed by atoms with van der Waals surface area (Å²) < 4.78 is 25.8. The lowest BCUT2D eigenvalue weighted by atomic mass is 10.3. The van der Waals surface area contributed by atoms with E-state index < -0.39 is 11.6 Å². The van der Waals surface area contributed by atoms with Gasteiger partial charge in [-0.05, 0) is 12.1 Å². The number of rotatable bonds is 1. The van der Waals surface area contributed by atoms with Crippen molar-refractivity contribution in [3.05, 3.63) is 29.8 Å². The van der Waals surface area contributed by atoms with E-state index in [1.807, 2.05) is 0 Å². The monoisotopic (exact) mass is 275 g/mol. The molecule has 1 fully saturated rings. The van der Waals surface area contributed by atoms with E-state index in [1.54, 1.807) is 0 Å². The van der Waals surface area contributed by atoms with Gasteiger partial charge in [0.1, 0.15) is 11.6 Å². The number of nitrogens with zero attached hydrogens (tertiary/aromatic N) is 1. The summed E-state index contributed by atoms with van der Waals surface area (Å²) in [5.74, 6) is -1.46. The van der Waals surface area contributed by atoms with Crippen LogP contribution in [0.4, 0.5) is 14.5 Å². The molecule has 0 radical (unpaired) electrons. The molecular formula is C10H8BrF2NO. The van der Waals surface area contributed by atoms with Gasteiger partial charge in [0.15, 0.2) is 0 Å². The highest BCUT2D eigenvalue weighted by atomic mass is 79.9. The first-order chi connectivity index (χ1) is 7.06. The Morgan fingerprint density at radius 2 is 1.87 bits per heavy atom. The Labute approximate surface area is 94.0 Å².